The van der Waals surface area contributed by atoms with Crippen LogP contribution in [0.15, 0.2) is 78.6 Å². The lowest BCUT2D eigenvalue weighted by Gasteiger charge is -2.38. The number of fused-ring (bicyclic) bond motifs is 2. The van der Waals surface area contributed by atoms with E-state index in [2.05, 4.69) is 90.6 Å². The highest BCUT2D eigenvalue weighted by Gasteiger charge is 2.34. The van der Waals surface area contributed by atoms with Crippen molar-refractivity contribution in [3.05, 3.63) is 89.8 Å². The van der Waals surface area contributed by atoms with E-state index in [0.29, 0.717) is 5.92 Å². The fraction of sp³-hybridized carbons (Fsp3) is 0.231. The molecule has 140 valence electrons. The molecule has 2 nitrogen and oxygen atoms in total. The third kappa shape index (κ3) is 2.99. The average molecular weight is 367 g/mol. The monoisotopic (exact) mass is 366 g/mol. The molecule has 0 aliphatic heterocycles. The van der Waals surface area contributed by atoms with Crippen molar-refractivity contribution in [1.82, 2.24) is 9.97 Å². The van der Waals surface area contributed by atoms with Crippen LogP contribution in [-0.2, 0) is 0 Å². The van der Waals surface area contributed by atoms with Crippen molar-refractivity contribution in [1.29, 1.82) is 0 Å². The molecule has 0 spiro atoms. The van der Waals surface area contributed by atoms with E-state index in [4.69, 9.17) is 0 Å². The predicted octanol–water partition coefficient (Wildman–Crippen LogP) is 7.19. The second kappa shape index (κ2) is 6.56. The molecule has 1 aliphatic carbocycles. The number of allylic oxidation sites excluding steroid dienone is 3. The van der Waals surface area contributed by atoms with Gasteiger partial charge in [0.15, 0.2) is 0 Å². The summed E-state index contributed by atoms with van der Waals surface area (Å²) in [6.07, 6.45) is 13.6. The largest absolute Gasteiger partial charge is 0.361 e. The van der Waals surface area contributed by atoms with Crippen LogP contribution in [0.3, 0.4) is 0 Å². The van der Waals surface area contributed by atoms with E-state index in [1.54, 1.807) is 0 Å². The topological polar surface area (TPSA) is 31.6 Å². The minimum absolute atomic E-state index is 0.108. The molecule has 2 aromatic carbocycles. The van der Waals surface area contributed by atoms with Gasteiger partial charge in [-0.2, -0.15) is 0 Å². The van der Waals surface area contributed by atoms with Crippen LogP contribution in [0.25, 0.3) is 27.9 Å². The maximum Gasteiger partial charge on any atom is 0.0454 e. The van der Waals surface area contributed by atoms with Gasteiger partial charge < -0.3 is 9.97 Å². The Kier molecular flexibility index (Phi) is 4.01. The maximum absolute atomic E-state index is 3.31. The Morgan fingerprint density at radius 2 is 1.64 bits per heavy atom. The van der Waals surface area contributed by atoms with Crippen LogP contribution in [0.5, 0.6) is 0 Å². The van der Waals surface area contributed by atoms with E-state index < -0.39 is 0 Å². The van der Waals surface area contributed by atoms with Gasteiger partial charge in [0.2, 0.25) is 0 Å². The van der Waals surface area contributed by atoms with E-state index in [1.807, 2.05) is 12.4 Å². The molecule has 0 bridgehead atoms. The number of benzene rings is 2. The Bertz CT molecular complexity index is 1200. The van der Waals surface area contributed by atoms with Gasteiger partial charge in [-0.25, -0.2) is 0 Å². The molecule has 2 aromatic heterocycles. The third-order valence-electron chi connectivity index (χ3n) is 6.39. The van der Waals surface area contributed by atoms with Gasteiger partial charge in [-0.3, -0.25) is 0 Å². The summed E-state index contributed by atoms with van der Waals surface area (Å²) in [6, 6.07) is 17.8. The zero-order valence-corrected chi connectivity index (χ0v) is 16.5. The number of aromatic amines is 2. The first-order valence-corrected chi connectivity index (χ1v) is 10.1. The summed E-state index contributed by atoms with van der Waals surface area (Å²) >= 11 is 0. The highest BCUT2D eigenvalue weighted by atomic mass is 14.7. The van der Waals surface area contributed by atoms with Crippen LogP contribution >= 0.6 is 0 Å². The molecule has 2 heterocycles. The number of aromatic nitrogens is 2. The van der Waals surface area contributed by atoms with Crippen molar-refractivity contribution >= 4 is 27.9 Å². The lowest BCUT2D eigenvalue weighted by atomic mass is 9.66. The molecule has 0 amide bonds. The van der Waals surface area contributed by atoms with E-state index in [9.17, 15) is 0 Å². The molecule has 2 N–H and O–H groups in total. The Morgan fingerprint density at radius 3 is 2.43 bits per heavy atom. The molecule has 4 aromatic rings. The van der Waals surface area contributed by atoms with E-state index in [0.717, 1.165) is 0 Å². The normalized spacial score (nSPS) is 22.9. The Morgan fingerprint density at radius 1 is 0.929 bits per heavy atom. The summed E-state index contributed by atoms with van der Waals surface area (Å²) in [6.45, 7) is 4.68. The first-order chi connectivity index (χ1) is 13.6. The first kappa shape index (κ1) is 17.1. The van der Waals surface area contributed by atoms with Crippen molar-refractivity contribution < 1.29 is 0 Å². The highest BCUT2D eigenvalue weighted by Crippen LogP contribution is 2.47. The summed E-state index contributed by atoms with van der Waals surface area (Å²) < 4.78 is 0. The fourth-order valence-electron chi connectivity index (χ4n) is 4.57. The van der Waals surface area contributed by atoms with Gasteiger partial charge in [-0.05, 0) is 83.5 Å². The summed E-state index contributed by atoms with van der Waals surface area (Å²) in [5, 5.41) is 2.56. The number of nitrogens with one attached hydrogen (secondary N) is 2. The molecule has 0 radical (unpaired) electrons. The molecule has 0 fully saturated rings. The standard InChI is InChI=1S/C26H26N2/c1-18-7-11-26(2,12-8-19-3-5-24-21(16-19)9-13-27-24)23(15-18)20-4-6-25-22(17-20)10-14-28-25/h3-6,8-10,12-17,23,27-28H,7,11H2,1-2H3/b12-8+/t23-,26-/m1/s1. The van der Waals surface area contributed by atoms with Crippen LogP contribution in [0, 0.1) is 5.41 Å². The minimum Gasteiger partial charge on any atom is -0.361 e. The highest BCUT2D eigenvalue weighted by molar-refractivity contribution is 5.82. The summed E-state index contributed by atoms with van der Waals surface area (Å²) in [5.74, 6) is 0.396. The van der Waals surface area contributed by atoms with E-state index in [-0.39, 0.29) is 5.41 Å². The quantitative estimate of drug-likeness (QED) is 0.360. The van der Waals surface area contributed by atoms with Crippen molar-refractivity contribution in [2.45, 2.75) is 32.6 Å². The fourth-order valence-corrected chi connectivity index (χ4v) is 4.57. The van der Waals surface area contributed by atoms with Gasteiger partial charge in [0.1, 0.15) is 0 Å². The Labute approximate surface area is 166 Å². The lowest BCUT2D eigenvalue weighted by Crippen LogP contribution is -2.25. The SMILES string of the molecule is CC1=C[C@H](c2ccc3[nH]ccc3c2)[C@@](C)(/C=C/c2ccc3[nH]ccc3c2)CC1. The number of hydrogen-bond donors (Lipinski definition) is 2. The van der Waals surface area contributed by atoms with Crippen LogP contribution in [0.1, 0.15) is 43.7 Å². The van der Waals surface area contributed by atoms with Crippen LogP contribution in [0.2, 0.25) is 0 Å². The van der Waals surface area contributed by atoms with Gasteiger partial charge in [-0.15, -0.1) is 0 Å². The van der Waals surface area contributed by atoms with Crippen molar-refractivity contribution in [3.8, 4) is 0 Å². The second-order valence-corrected chi connectivity index (χ2v) is 8.48. The van der Waals surface area contributed by atoms with Crippen molar-refractivity contribution in [2.75, 3.05) is 0 Å². The smallest absolute Gasteiger partial charge is 0.0454 e. The molecule has 0 saturated heterocycles. The number of rotatable bonds is 3. The summed E-state index contributed by atoms with van der Waals surface area (Å²) in [7, 11) is 0. The van der Waals surface area contributed by atoms with Gasteiger partial charge in [0.25, 0.3) is 0 Å². The Balaban J connectivity index is 1.52. The molecule has 0 saturated carbocycles. The Hall–Kier alpha value is -3.00. The van der Waals surface area contributed by atoms with Crippen LogP contribution < -0.4 is 0 Å². The minimum atomic E-state index is 0.108. The lowest BCUT2D eigenvalue weighted by molar-refractivity contribution is 0.334. The zero-order valence-electron chi connectivity index (χ0n) is 16.5. The predicted molar refractivity (Wildman–Crippen MR) is 119 cm³/mol. The van der Waals surface area contributed by atoms with E-state index in [1.165, 1.54) is 51.3 Å². The van der Waals surface area contributed by atoms with Gasteiger partial charge in [0.05, 0.1) is 0 Å². The molecule has 28 heavy (non-hydrogen) atoms. The summed E-state index contributed by atoms with van der Waals surface area (Å²) in [4.78, 5) is 6.58. The molecule has 2 atom stereocenters. The maximum atomic E-state index is 3.31. The van der Waals surface area contributed by atoms with Gasteiger partial charge in [0, 0.05) is 29.3 Å². The van der Waals surface area contributed by atoms with Gasteiger partial charge >= 0.3 is 0 Å². The van der Waals surface area contributed by atoms with Gasteiger partial charge in [-0.1, -0.05) is 42.9 Å². The molecular formula is C26H26N2. The summed E-state index contributed by atoms with van der Waals surface area (Å²) in [5.41, 5.74) is 6.67. The number of H-pyrrole nitrogens is 2. The molecule has 0 unspecified atom stereocenters. The second-order valence-electron chi connectivity index (χ2n) is 8.48. The van der Waals surface area contributed by atoms with Crippen LogP contribution in [0.4, 0.5) is 0 Å². The van der Waals surface area contributed by atoms with Crippen molar-refractivity contribution in [3.63, 3.8) is 0 Å². The van der Waals surface area contributed by atoms with Crippen LogP contribution in [-0.4, -0.2) is 9.97 Å². The first-order valence-electron chi connectivity index (χ1n) is 10.1. The number of hydrogen-bond acceptors (Lipinski definition) is 0. The van der Waals surface area contributed by atoms with Crippen molar-refractivity contribution in [2.24, 2.45) is 5.41 Å². The molecule has 2 heteroatoms. The average Bonchev–Trinajstić information content (AvgIpc) is 3.36. The molecule has 1 aliphatic rings. The molecular weight excluding hydrogens is 340 g/mol. The van der Waals surface area contributed by atoms with E-state index >= 15 is 0 Å². The zero-order chi connectivity index (χ0) is 19.1. The molecule has 5 rings (SSSR count). The third-order valence-corrected chi connectivity index (χ3v) is 6.39.